The number of anilines is 1. The fourth-order valence-electron chi connectivity index (χ4n) is 2.09. The maximum atomic E-state index is 10.8. The van der Waals surface area contributed by atoms with Gasteiger partial charge in [0.15, 0.2) is 11.1 Å². The molecular weight excluding hydrogens is 234 g/mol. The molecule has 0 saturated heterocycles. The van der Waals surface area contributed by atoms with Crippen LogP contribution in [0.1, 0.15) is 19.3 Å². The molecule has 1 N–H and O–H groups in total. The lowest BCUT2D eigenvalue weighted by Crippen LogP contribution is -2.20. The summed E-state index contributed by atoms with van der Waals surface area (Å²) < 4.78 is 5.45. The Morgan fingerprint density at radius 2 is 2.33 bits per heavy atom. The monoisotopic (exact) mass is 247 g/mol. The molecule has 1 heterocycles. The standard InChI is InChI=1S/C12H13N3O3/c16-15(17)9-5-2-6-10-11(9)14-12(18-10)13-7-8-3-1-4-8/h2,5-6,8H,1,3-4,7H2,(H,13,14). The van der Waals surface area contributed by atoms with Gasteiger partial charge in [0.2, 0.25) is 0 Å². The van der Waals surface area contributed by atoms with Gasteiger partial charge in [-0.1, -0.05) is 12.5 Å². The number of nitrogens with zero attached hydrogens (tertiary/aromatic N) is 2. The van der Waals surface area contributed by atoms with Gasteiger partial charge >= 0.3 is 0 Å². The molecule has 0 bridgehead atoms. The first-order valence-electron chi connectivity index (χ1n) is 6.02. The summed E-state index contributed by atoms with van der Waals surface area (Å²) in [7, 11) is 0. The molecule has 1 aliphatic rings. The van der Waals surface area contributed by atoms with Crippen LogP contribution < -0.4 is 5.32 Å². The van der Waals surface area contributed by atoms with Crippen molar-refractivity contribution in [3.05, 3.63) is 28.3 Å². The molecule has 0 aliphatic heterocycles. The number of nitro benzene ring substituents is 1. The molecule has 3 rings (SSSR count). The van der Waals surface area contributed by atoms with E-state index < -0.39 is 4.92 Å². The lowest BCUT2D eigenvalue weighted by atomic mass is 9.85. The van der Waals surface area contributed by atoms with Crippen molar-refractivity contribution in [3.8, 4) is 0 Å². The first-order valence-corrected chi connectivity index (χ1v) is 6.02. The molecule has 1 aromatic heterocycles. The number of fused-ring (bicyclic) bond motifs is 1. The van der Waals surface area contributed by atoms with E-state index in [0.717, 1.165) is 6.54 Å². The maximum Gasteiger partial charge on any atom is 0.298 e. The van der Waals surface area contributed by atoms with Crippen LogP contribution in [0.4, 0.5) is 11.7 Å². The van der Waals surface area contributed by atoms with Gasteiger partial charge in [0, 0.05) is 12.6 Å². The van der Waals surface area contributed by atoms with E-state index in [1.807, 2.05) is 0 Å². The maximum absolute atomic E-state index is 10.8. The average molecular weight is 247 g/mol. The van der Waals surface area contributed by atoms with Crippen molar-refractivity contribution in [2.24, 2.45) is 5.92 Å². The van der Waals surface area contributed by atoms with Crippen LogP contribution in [0.3, 0.4) is 0 Å². The predicted octanol–water partition coefficient (Wildman–Crippen LogP) is 2.95. The number of hydrogen-bond acceptors (Lipinski definition) is 5. The molecule has 6 nitrogen and oxygen atoms in total. The second-order valence-corrected chi connectivity index (χ2v) is 4.58. The molecule has 1 fully saturated rings. The van der Waals surface area contributed by atoms with Crippen LogP contribution in [-0.2, 0) is 0 Å². The van der Waals surface area contributed by atoms with E-state index in [4.69, 9.17) is 4.42 Å². The van der Waals surface area contributed by atoms with Crippen molar-refractivity contribution in [1.29, 1.82) is 0 Å². The first-order chi connectivity index (χ1) is 8.74. The highest BCUT2D eigenvalue weighted by Gasteiger charge is 2.20. The van der Waals surface area contributed by atoms with Crippen molar-refractivity contribution in [1.82, 2.24) is 4.98 Å². The van der Waals surface area contributed by atoms with E-state index in [0.29, 0.717) is 23.0 Å². The summed E-state index contributed by atoms with van der Waals surface area (Å²) in [5, 5.41) is 14.0. The summed E-state index contributed by atoms with van der Waals surface area (Å²) >= 11 is 0. The number of non-ortho nitro benzene ring substituents is 1. The van der Waals surface area contributed by atoms with E-state index in [9.17, 15) is 10.1 Å². The smallest absolute Gasteiger partial charge is 0.298 e. The van der Waals surface area contributed by atoms with E-state index in [2.05, 4.69) is 10.3 Å². The highest BCUT2D eigenvalue weighted by Crippen LogP contribution is 2.29. The number of nitro groups is 1. The van der Waals surface area contributed by atoms with Gasteiger partial charge in [0.25, 0.3) is 11.7 Å². The minimum atomic E-state index is -0.444. The van der Waals surface area contributed by atoms with Gasteiger partial charge in [-0.2, -0.15) is 4.98 Å². The lowest BCUT2D eigenvalue weighted by Gasteiger charge is -2.24. The Labute approximate surface area is 103 Å². The molecule has 2 aromatic rings. The third-order valence-corrected chi connectivity index (χ3v) is 3.36. The number of benzene rings is 1. The van der Waals surface area contributed by atoms with Crippen molar-refractivity contribution in [3.63, 3.8) is 0 Å². The normalized spacial score (nSPS) is 15.6. The number of hydrogen-bond donors (Lipinski definition) is 1. The molecular formula is C12H13N3O3. The molecule has 1 saturated carbocycles. The van der Waals surface area contributed by atoms with Crippen LogP contribution in [0.2, 0.25) is 0 Å². The van der Waals surface area contributed by atoms with E-state index in [1.54, 1.807) is 12.1 Å². The Morgan fingerprint density at radius 1 is 1.50 bits per heavy atom. The molecule has 6 heteroatoms. The van der Waals surface area contributed by atoms with Gasteiger partial charge in [0.05, 0.1) is 4.92 Å². The topological polar surface area (TPSA) is 81.2 Å². The quantitative estimate of drug-likeness (QED) is 0.663. The highest BCUT2D eigenvalue weighted by molar-refractivity contribution is 5.83. The largest absolute Gasteiger partial charge is 0.423 e. The summed E-state index contributed by atoms with van der Waals surface area (Å²) in [6.07, 6.45) is 3.74. The summed E-state index contributed by atoms with van der Waals surface area (Å²) in [5.74, 6) is 0.676. The van der Waals surface area contributed by atoms with E-state index in [-0.39, 0.29) is 5.69 Å². The molecule has 0 atom stereocenters. The lowest BCUT2D eigenvalue weighted by molar-refractivity contribution is -0.383. The SMILES string of the molecule is O=[N+]([O-])c1cccc2oc(NCC3CCC3)nc12. The molecule has 1 aliphatic carbocycles. The van der Waals surface area contributed by atoms with Crippen LogP contribution in [0.25, 0.3) is 11.1 Å². The number of para-hydroxylation sites is 1. The van der Waals surface area contributed by atoms with Crippen LogP contribution in [0.15, 0.2) is 22.6 Å². The third-order valence-electron chi connectivity index (χ3n) is 3.36. The Bertz CT molecular complexity index is 589. The summed E-state index contributed by atoms with van der Waals surface area (Å²) in [5.41, 5.74) is 0.729. The zero-order chi connectivity index (χ0) is 12.5. The van der Waals surface area contributed by atoms with Crippen LogP contribution >= 0.6 is 0 Å². The van der Waals surface area contributed by atoms with Crippen molar-refractivity contribution >= 4 is 22.8 Å². The summed E-state index contributed by atoms with van der Waals surface area (Å²) in [6.45, 7) is 0.820. The minimum Gasteiger partial charge on any atom is -0.423 e. The second kappa shape index (κ2) is 4.29. The summed E-state index contributed by atoms with van der Waals surface area (Å²) in [4.78, 5) is 14.6. The van der Waals surface area contributed by atoms with Crippen molar-refractivity contribution in [2.75, 3.05) is 11.9 Å². The number of aromatic nitrogens is 1. The van der Waals surface area contributed by atoms with Crippen molar-refractivity contribution in [2.45, 2.75) is 19.3 Å². The first kappa shape index (κ1) is 11.0. The van der Waals surface area contributed by atoms with Crippen LogP contribution in [0, 0.1) is 16.0 Å². The fraction of sp³-hybridized carbons (Fsp3) is 0.417. The molecule has 0 unspecified atom stereocenters. The molecule has 0 radical (unpaired) electrons. The van der Waals surface area contributed by atoms with Gasteiger partial charge in [-0.25, -0.2) is 0 Å². The Balaban J connectivity index is 1.85. The average Bonchev–Trinajstić information content (AvgIpc) is 2.68. The van der Waals surface area contributed by atoms with Gasteiger partial charge < -0.3 is 9.73 Å². The van der Waals surface area contributed by atoms with Gasteiger partial charge in [0.1, 0.15) is 0 Å². The van der Waals surface area contributed by atoms with E-state index >= 15 is 0 Å². The zero-order valence-corrected chi connectivity index (χ0v) is 9.76. The Morgan fingerprint density at radius 3 is 3.00 bits per heavy atom. The van der Waals surface area contributed by atoms with Crippen LogP contribution in [-0.4, -0.2) is 16.5 Å². The number of oxazole rings is 1. The molecule has 94 valence electrons. The fourth-order valence-corrected chi connectivity index (χ4v) is 2.09. The predicted molar refractivity (Wildman–Crippen MR) is 66.5 cm³/mol. The Hall–Kier alpha value is -2.11. The number of rotatable bonds is 4. The molecule has 0 spiro atoms. The second-order valence-electron chi connectivity index (χ2n) is 4.58. The minimum absolute atomic E-state index is 0.0204. The van der Waals surface area contributed by atoms with Gasteiger partial charge in [-0.05, 0) is 24.8 Å². The summed E-state index contributed by atoms with van der Waals surface area (Å²) in [6, 6.07) is 5.08. The zero-order valence-electron chi connectivity index (χ0n) is 9.76. The van der Waals surface area contributed by atoms with Crippen LogP contribution in [0.5, 0.6) is 0 Å². The molecule has 1 aromatic carbocycles. The molecule has 0 amide bonds. The van der Waals surface area contributed by atoms with E-state index in [1.165, 1.54) is 25.3 Å². The highest BCUT2D eigenvalue weighted by atomic mass is 16.6. The van der Waals surface area contributed by atoms with Gasteiger partial charge in [-0.15, -0.1) is 0 Å². The van der Waals surface area contributed by atoms with Gasteiger partial charge in [-0.3, -0.25) is 10.1 Å². The Kier molecular flexibility index (Phi) is 2.62. The van der Waals surface area contributed by atoms with Crippen molar-refractivity contribution < 1.29 is 9.34 Å². The molecule has 18 heavy (non-hydrogen) atoms. The third kappa shape index (κ3) is 1.90. The number of nitrogens with one attached hydrogen (secondary N) is 1.